The van der Waals surface area contributed by atoms with Crippen LogP contribution < -0.4 is 0 Å². The quantitative estimate of drug-likeness (QED) is 0.714. The zero-order valence-corrected chi connectivity index (χ0v) is 10.7. The molecule has 0 bridgehead atoms. The Hall–Kier alpha value is 0.210. The number of rotatable bonds is 3. The molecule has 0 saturated carbocycles. The Bertz CT molecular complexity index is 229. The summed E-state index contributed by atoms with van der Waals surface area (Å²) in [6, 6.07) is 0. The molecule has 13 heavy (non-hydrogen) atoms. The largest absolute Gasteiger partial charge is 0.446 e. The Balaban J connectivity index is 4.43. The summed E-state index contributed by atoms with van der Waals surface area (Å²) in [6.07, 6.45) is -0.557. The van der Waals surface area contributed by atoms with E-state index in [4.69, 9.17) is 27.8 Å². The van der Waals surface area contributed by atoms with Crippen LogP contribution >= 0.6 is 16.8 Å². The summed E-state index contributed by atoms with van der Waals surface area (Å²) in [7, 11) is 0. The van der Waals surface area contributed by atoms with Crippen LogP contribution in [-0.4, -0.2) is 30.1 Å². The molecule has 0 N–H and O–H groups in total. The first-order valence-corrected chi connectivity index (χ1v) is 8.15. The Kier molecular flexibility index (Phi) is 5.26. The van der Waals surface area contributed by atoms with Gasteiger partial charge in [-0.3, -0.25) is 4.67 Å². The highest BCUT2D eigenvalue weighted by atomic mass is 35.7. The van der Waals surface area contributed by atoms with Crippen molar-refractivity contribution in [1.82, 2.24) is 4.67 Å². The number of carbonyl (C=O) groups is 1. The lowest BCUT2D eigenvalue weighted by Gasteiger charge is -2.26. The van der Waals surface area contributed by atoms with E-state index >= 15 is 0 Å². The van der Waals surface area contributed by atoms with Crippen molar-refractivity contribution in [3.63, 3.8) is 0 Å². The van der Waals surface area contributed by atoms with Crippen LogP contribution in [0.1, 0.15) is 20.8 Å². The van der Waals surface area contributed by atoms with Gasteiger partial charge in [-0.15, -0.1) is 0 Å². The Labute approximate surface area is 89.2 Å². The number of halogens is 1. The van der Waals surface area contributed by atoms with Crippen LogP contribution in [0.3, 0.4) is 0 Å². The highest BCUT2D eigenvalue weighted by Gasteiger charge is 2.23. The normalized spacial score (nSPS) is 15.2. The lowest BCUT2D eigenvalue weighted by Crippen LogP contribution is -2.28. The second-order valence-corrected chi connectivity index (χ2v) is 9.67. The van der Waals surface area contributed by atoms with E-state index in [1.54, 1.807) is 20.5 Å². The molecule has 0 fully saturated rings. The fraction of sp³-hybridized carbons (Fsp3) is 0.857. The molecule has 0 aliphatic heterocycles. The molecule has 0 aromatic rings. The molecule has 0 heterocycles. The van der Waals surface area contributed by atoms with Crippen LogP contribution in [0.2, 0.25) is 0 Å². The smallest absolute Gasteiger partial charge is 0.414 e. The lowest BCUT2D eigenvalue weighted by molar-refractivity contribution is 0.0990. The summed E-state index contributed by atoms with van der Waals surface area (Å²) >= 11 is 11.0. The molecular weight excluding hydrogens is 229 g/mol. The van der Waals surface area contributed by atoms with Gasteiger partial charge in [-0.1, -0.05) is 23.0 Å². The van der Waals surface area contributed by atoms with Gasteiger partial charge in [0.05, 0.1) is 6.10 Å². The van der Waals surface area contributed by atoms with Crippen molar-refractivity contribution >= 4 is 34.7 Å². The van der Waals surface area contributed by atoms with E-state index in [1.165, 1.54) is 4.67 Å². The van der Waals surface area contributed by atoms with Crippen molar-refractivity contribution < 1.29 is 9.53 Å². The maximum absolute atomic E-state index is 11.4. The fourth-order valence-electron chi connectivity index (χ4n) is 0.790. The zero-order chi connectivity index (χ0) is 10.6. The average molecular weight is 244 g/mol. The van der Waals surface area contributed by atoms with Crippen LogP contribution in [0.25, 0.3) is 0 Å². The highest BCUT2D eigenvalue weighted by Crippen LogP contribution is 2.51. The number of amides is 1. The number of nitrogens with zero attached hydrogens (tertiary/aromatic N) is 1. The molecular formula is C7H15ClNO2PS. The predicted molar refractivity (Wildman–Crippen MR) is 60.1 cm³/mol. The summed E-state index contributed by atoms with van der Waals surface area (Å²) in [5.41, 5.74) is -2.22. The van der Waals surface area contributed by atoms with E-state index < -0.39 is 11.6 Å². The van der Waals surface area contributed by atoms with Gasteiger partial charge in [0.2, 0.25) is 0 Å². The SMILES string of the molecule is CCN(C(=O)OC(C)C)P(C)(=S)Cl. The minimum atomic E-state index is -2.22. The second kappa shape index (κ2) is 5.18. The summed E-state index contributed by atoms with van der Waals surface area (Å²) in [6.45, 7) is 7.59. The summed E-state index contributed by atoms with van der Waals surface area (Å²) < 4.78 is 6.40. The van der Waals surface area contributed by atoms with Crippen LogP contribution in [0, 0.1) is 0 Å². The van der Waals surface area contributed by atoms with E-state index in [1.807, 2.05) is 6.92 Å². The van der Waals surface area contributed by atoms with E-state index in [9.17, 15) is 4.79 Å². The molecule has 6 heteroatoms. The summed E-state index contributed by atoms with van der Waals surface area (Å²) in [5.74, 6) is 0. The van der Waals surface area contributed by atoms with Gasteiger partial charge < -0.3 is 4.74 Å². The van der Waals surface area contributed by atoms with Gasteiger partial charge in [-0.05, 0) is 27.4 Å². The Morgan fingerprint density at radius 1 is 1.69 bits per heavy atom. The van der Waals surface area contributed by atoms with Crippen molar-refractivity contribution in [2.45, 2.75) is 26.9 Å². The molecule has 0 aliphatic rings. The van der Waals surface area contributed by atoms with E-state index in [2.05, 4.69) is 0 Å². The topological polar surface area (TPSA) is 29.5 Å². The molecule has 0 radical (unpaired) electrons. The lowest BCUT2D eigenvalue weighted by atomic mass is 10.5. The first-order valence-electron chi connectivity index (χ1n) is 4.04. The molecule has 0 aromatic heterocycles. The first-order chi connectivity index (χ1) is 5.79. The van der Waals surface area contributed by atoms with Crippen LogP contribution in [-0.2, 0) is 16.5 Å². The third-order valence-electron chi connectivity index (χ3n) is 1.28. The standard InChI is InChI=1S/C7H15ClNO2PS/c1-5-9(12(4,8)13)7(10)11-6(2)3/h6H,5H2,1-4H3. The molecule has 1 amide bonds. The number of hydrogen-bond acceptors (Lipinski definition) is 3. The van der Waals surface area contributed by atoms with Gasteiger partial charge in [0.1, 0.15) is 5.54 Å². The van der Waals surface area contributed by atoms with Gasteiger partial charge in [0, 0.05) is 6.54 Å². The second-order valence-electron chi connectivity index (χ2n) is 2.93. The number of ether oxygens (including phenoxy) is 1. The van der Waals surface area contributed by atoms with Crippen molar-refractivity contribution in [2.24, 2.45) is 0 Å². The Morgan fingerprint density at radius 2 is 2.15 bits per heavy atom. The van der Waals surface area contributed by atoms with E-state index in [-0.39, 0.29) is 6.10 Å². The van der Waals surface area contributed by atoms with Gasteiger partial charge in [0.15, 0.2) is 0 Å². The average Bonchev–Trinajstić information content (AvgIpc) is 1.82. The maximum Gasteiger partial charge on any atom is 0.414 e. The molecule has 0 rings (SSSR count). The number of hydrogen-bond donors (Lipinski definition) is 0. The third kappa shape index (κ3) is 4.84. The molecule has 1 atom stereocenters. The van der Waals surface area contributed by atoms with Crippen molar-refractivity contribution in [2.75, 3.05) is 13.2 Å². The van der Waals surface area contributed by atoms with Crippen LogP contribution in [0.5, 0.6) is 0 Å². The maximum atomic E-state index is 11.4. The van der Waals surface area contributed by atoms with Gasteiger partial charge in [-0.25, -0.2) is 4.79 Å². The fourth-order valence-corrected chi connectivity index (χ4v) is 2.69. The first kappa shape index (κ1) is 13.2. The van der Waals surface area contributed by atoms with Crippen molar-refractivity contribution in [3.8, 4) is 0 Å². The summed E-state index contributed by atoms with van der Waals surface area (Å²) in [5, 5.41) is 0. The zero-order valence-electron chi connectivity index (χ0n) is 8.28. The van der Waals surface area contributed by atoms with Gasteiger partial charge in [0.25, 0.3) is 0 Å². The molecule has 78 valence electrons. The van der Waals surface area contributed by atoms with Gasteiger partial charge in [-0.2, -0.15) is 0 Å². The highest BCUT2D eigenvalue weighted by molar-refractivity contribution is 8.25. The van der Waals surface area contributed by atoms with Gasteiger partial charge >= 0.3 is 6.09 Å². The van der Waals surface area contributed by atoms with Crippen LogP contribution in [0.15, 0.2) is 0 Å². The molecule has 3 nitrogen and oxygen atoms in total. The van der Waals surface area contributed by atoms with Crippen molar-refractivity contribution in [3.05, 3.63) is 0 Å². The molecule has 0 aromatic carbocycles. The van der Waals surface area contributed by atoms with E-state index in [0.29, 0.717) is 6.54 Å². The van der Waals surface area contributed by atoms with E-state index in [0.717, 1.165) is 0 Å². The predicted octanol–water partition coefficient (Wildman–Crippen LogP) is 3.03. The third-order valence-corrected chi connectivity index (χ3v) is 3.73. The monoisotopic (exact) mass is 243 g/mol. The van der Waals surface area contributed by atoms with Crippen molar-refractivity contribution in [1.29, 1.82) is 0 Å². The molecule has 0 saturated heterocycles. The minimum absolute atomic E-state index is 0.139. The molecule has 1 unspecified atom stereocenters. The summed E-state index contributed by atoms with van der Waals surface area (Å²) in [4.78, 5) is 11.4. The molecule has 0 aliphatic carbocycles. The minimum Gasteiger partial charge on any atom is -0.446 e. The van der Waals surface area contributed by atoms with Crippen LogP contribution in [0.4, 0.5) is 4.79 Å². The number of carbonyl (C=O) groups excluding carboxylic acids is 1. The molecule has 0 spiro atoms. The Morgan fingerprint density at radius 3 is 2.38 bits per heavy atom.